The molecule has 0 aromatic carbocycles. The van der Waals surface area contributed by atoms with E-state index < -0.39 is 0 Å². The van der Waals surface area contributed by atoms with Crippen LogP contribution in [0.5, 0.6) is 0 Å². The van der Waals surface area contributed by atoms with Crippen LogP contribution in [-0.4, -0.2) is 38.0 Å². The molecule has 1 amide bonds. The lowest BCUT2D eigenvalue weighted by molar-refractivity contribution is -0.120. The Morgan fingerprint density at radius 2 is 2.07 bits per heavy atom. The van der Waals surface area contributed by atoms with Crippen LogP contribution in [0.4, 0.5) is 0 Å². The summed E-state index contributed by atoms with van der Waals surface area (Å²) in [6.45, 7) is 5.44. The quantitative estimate of drug-likeness (QED) is 0.713. The third-order valence-corrected chi connectivity index (χ3v) is 2.42. The molecule has 0 aliphatic carbocycles. The van der Waals surface area contributed by atoms with E-state index in [0.29, 0.717) is 6.42 Å². The highest BCUT2D eigenvalue weighted by molar-refractivity contribution is 5.75. The molecule has 0 atom stereocenters. The Hall–Kier alpha value is -1.08. The molecule has 86 valence electrons. The predicted molar refractivity (Wildman–Crippen MR) is 60.2 cm³/mol. The van der Waals surface area contributed by atoms with E-state index in [4.69, 9.17) is 5.26 Å². The molecular formula is C11H21N3O. The standard InChI is InChI=1S/C11H21N3O/c1-11(2,9-12)6-8-14(4)7-5-10(15)13-3/h5-8H2,1-4H3,(H,13,15). The van der Waals surface area contributed by atoms with Crippen LogP contribution in [0.1, 0.15) is 26.7 Å². The summed E-state index contributed by atoms with van der Waals surface area (Å²) in [5, 5.41) is 11.4. The Balaban J connectivity index is 3.72. The molecule has 4 heteroatoms. The van der Waals surface area contributed by atoms with Gasteiger partial charge in [-0.25, -0.2) is 0 Å². The molecule has 0 aromatic heterocycles. The van der Waals surface area contributed by atoms with E-state index in [1.165, 1.54) is 0 Å². The van der Waals surface area contributed by atoms with Crippen LogP contribution in [0.3, 0.4) is 0 Å². The molecule has 0 saturated carbocycles. The normalized spacial score (nSPS) is 11.2. The molecule has 0 aromatic rings. The van der Waals surface area contributed by atoms with Gasteiger partial charge in [-0.1, -0.05) is 0 Å². The van der Waals surface area contributed by atoms with E-state index in [1.807, 2.05) is 20.9 Å². The largest absolute Gasteiger partial charge is 0.359 e. The van der Waals surface area contributed by atoms with Crippen LogP contribution in [0.2, 0.25) is 0 Å². The predicted octanol–water partition coefficient (Wildman–Crippen LogP) is 0.994. The molecule has 4 nitrogen and oxygen atoms in total. The number of carbonyl (C=O) groups excluding carboxylic acids is 1. The number of nitrogens with zero attached hydrogens (tertiary/aromatic N) is 2. The maximum absolute atomic E-state index is 11.0. The molecule has 0 saturated heterocycles. The summed E-state index contributed by atoms with van der Waals surface area (Å²) in [5.41, 5.74) is -0.277. The minimum absolute atomic E-state index is 0.0568. The van der Waals surface area contributed by atoms with Crippen molar-refractivity contribution in [3.63, 3.8) is 0 Å². The number of carbonyl (C=O) groups is 1. The van der Waals surface area contributed by atoms with Gasteiger partial charge in [0.05, 0.1) is 11.5 Å². The molecule has 0 fully saturated rings. The molecule has 1 N–H and O–H groups in total. The number of hydrogen-bond acceptors (Lipinski definition) is 3. The van der Waals surface area contributed by atoms with E-state index in [0.717, 1.165) is 19.5 Å². The first-order chi connectivity index (χ1) is 6.91. The van der Waals surface area contributed by atoms with Crippen LogP contribution < -0.4 is 5.32 Å². The fraction of sp³-hybridized carbons (Fsp3) is 0.818. The first kappa shape index (κ1) is 13.9. The van der Waals surface area contributed by atoms with Crippen molar-refractivity contribution in [1.29, 1.82) is 5.26 Å². The van der Waals surface area contributed by atoms with Gasteiger partial charge in [-0.2, -0.15) is 5.26 Å². The zero-order valence-electron chi connectivity index (χ0n) is 10.1. The maximum Gasteiger partial charge on any atom is 0.221 e. The van der Waals surface area contributed by atoms with Crippen LogP contribution in [0, 0.1) is 16.7 Å². The molecule has 15 heavy (non-hydrogen) atoms. The fourth-order valence-corrected chi connectivity index (χ4v) is 1.06. The Morgan fingerprint density at radius 3 is 2.53 bits per heavy atom. The van der Waals surface area contributed by atoms with Crippen molar-refractivity contribution in [3.8, 4) is 6.07 Å². The summed E-state index contributed by atoms with van der Waals surface area (Å²) < 4.78 is 0. The van der Waals surface area contributed by atoms with Crippen molar-refractivity contribution in [3.05, 3.63) is 0 Å². The molecule has 0 heterocycles. The Morgan fingerprint density at radius 1 is 1.47 bits per heavy atom. The Labute approximate surface area is 92.3 Å². The topological polar surface area (TPSA) is 56.1 Å². The van der Waals surface area contributed by atoms with Gasteiger partial charge < -0.3 is 10.2 Å². The van der Waals surface area contributed by atoms with E-state index in [9.17, 15) is 4.79 Å². The van der Waals surface area contributed by atoms with Gasteiger partial charge in [0.2, 0.25) is 5.91 Å². The van der Waals surface area contributed by atoms with Gasteiger partial charge in [0.1, 0.15) is 0 Å². The molecule has 0 rings (SSSR count). The van der Waals surface area contributed by atoms with Crippen LogP contribution in [-0.2, 0) is 4.79 Å². The van der Waals surface area contributed by atoms with Gasteiger partial charge in [0.15, 0.2) is 0 Å². The highest BCUT2D eigenvalue weighted by Gasteiger charge is 2.17. The third kappa shape index (κ3) is 6.92. The lowest BCUT2D eigenvalue weighted by Gasteiger charge is -2.21. The smallest absolute Gasteiger partial charge is 0.221 e. The van der Waals surface area contributed by atoms with Crippen molar-refractivity contribution in [1.82, 2.24) is 10.2 Å². The Bertz CT molecular complexity index is 243. The zero-order chi connectivity index (χ0) is 11.9. The second-order valence-electron chi connectivity index (χ2n) is 4.47. The SMILES string of the molecule is CNC(=O)CCN(C)CCC(C)(C)C#N. The van der Waals surface area contributed by atoms with Crippen molar-refractivity contribution < 1.29 is 4.79 Å². The molecule has 0 aliphatic rings. The Kier molecular flexibility index (Phi) is 5.95. The van der Waals surface area contributed by atoms with Crippen LogP contribution in [0.25, 0.3) is 0 Å². The number of nitriles is 1. The van der Waals surface area contributed by atoms with Gasteiger partial charge >= 0.3 is 0 Å². The van der Waals surface area contributed by atoms with E-state index >= 15 is 0 Å². The number of rotatable bonds is 6. The van der Waals surface area contributed by atoms with Crippen molar-refractivity contribution in [2.45, 2.75) is 26.7 Å². The number of amides is 1. The number of nitrogens with one attached hydrogen (secondary N) is 1. The van der Waals surface area contributed by atoms with E-state index in [1.54, 1.807) is 7.05 Å². The second-order valence-corrected chi connectivity index (χ2v) is 4.47. The first-order valence-corrected chi connectivity index (χ1v) is 5.21. The van der Waals surface area contributed by atoms with Crippen molar-refractivity contribution in [2.75, 3.05) is 27.2 Å². The number of hydrogen-bond donors (Lipinski definition) is 1. The summed E-state index contributed by atoms with van der Waals surface area (Å²) in [5.74, 6) is 0.0568. The average Bonchev–Trinajstić information content (AvgIpc) is 2.23. The highest BCUT2D eigenvalue weighted by Crippen LogP contribution is 2.18. The summed E-state index contributed by atoms with van der Waals surface area (Å²) >= 11 is 0. The van der Waals surface area contributed by atoms with Gasteiger partial charge in [-0.3, -0.25) is 4.79 Å². The monoisotopic (exact) mass is 211 g/mol. The van der Waals surface area contributed by atoms with Crippen molar-refractivity contribution >= 4 is 5.91 Å². The van der Waals surface area contributed by atoms with Crippen LogP contribution in [0.15, 0.2) is 0 Å². The summed E-state index contributed by atoms with van der Waals surface area (Å²) in [6, 6.07) is 2.27. The molecule has 0 radical (unpaired) electrons. The maximum atomic E-state index is 11.0. The minimum Gasteiger partial charge on any atom is -0.359 e. The minimum atomic E-state index is -0.277. The van der Waals surface area contributed by atoms with Gasteiger partial charge in [0.25, 0.3) is 0 Å². The molecule has 0 aliphatic heterocycles. The zero-order valence-corrected chi connectivity index (χ0v) is 10.1. The first-order valence-electron chi connectivity index (χ1n) is 5.21. The average molecular weight is 211 g/mol. The molecule has 0 spiro atoms. The summed E-state index contributed by atoms with van der Waals surface area (Å²) in [6.07, 6.45) is 1.34. The fourth-order valence-electron chi connectivity index (χ4n) is 1.06. The lowest BCUT2D eigenvalue weighted by atomic mass is 9.91. The third-order valence-electron chi connectivity index (χ3n) is 2.42. The summed E-state index contributed by atoms with van der Waals surface area (Å²) in [4.78, 5) is 13.1. The highest BCUT2D eigenvalue weighted by atomic mass is 16.1. The lowest BCUT2D eigenvalue weighted by Crippen LogP contribution is -2.29. The van der Waals surface area contributed by atoms with Gasteiger partial charge in [-0.15, -0.1) is 0 Å². The van der Waals surface area contributed by atoms with Gasteiger partial charge in [-0.05, 0) is 33.9 Å². The van der Waals surface area contributed by atoms with E-state index in [-0.39, 0.29) is 11.3 Å². The second kappa shape index (κ2) is 6.41. The molecule has 0 bridgehead atoms. The van der Waals surface area contributed by atoms with Crippen LogP contribution >= 0.6 is 0 Å². The molecular weight excluding hydrogens is 190 g/mol. The summed E-state index contributed by atoms with van der Waals surface area (Å²) in [7, 11) is 3.61. The molecule has 0 unspecified atom stereocenters. The van der Waals surface area contributed by atoms with Gasteiger partial charge in [0, 0.05) is 20.0 Å². The van der Waals surface area contributed by atoms with E-state index in [2.05, 4.69) is 16.3 Å². The van der Waals surface area contributed by atoms with Crippen molar-refractivity contribution in [2.24, 2.45) is 5.41 Å².